The number of carboxylic acid groups (broad SMARTS) is 1. The Hall–Kier alpha value is -2.25. The lowest BCUT2D eigenvalue weighted by molar-refractivity contribution is -0.144. The quantitative estimate of drug-likeness (QED) is 0.859. The number of aliphatic carboxylic acids is 1. The molecular weight excluding hydrogens is 339 g/mol. The molecule has 0 aliphatic heterocycles. The van der Waals surface area contributed by atoms with Crippen LogP contribution in [0.25, 0.3) is 0 Å². The number of rotatable bonds is 4. The molecule has 140 valence electrons. The fourth-order valence-corrected chi connectivity index (χ4v) is 2.21. The number of nitrogens with zero attached hydrogens (tertiary/aromatic N) is 1. The van der Waals surface area contributed by atoms with Gasteiger partial charge in [-0.1, -0.05) is 12.1 Å². The average Bonchev–Trinajstić information content (AvgIpc) is 2.40. The van der Waals surface area contributed by atoms with Crippen molar-refractivity contribution in [2.24, 2.45) is 0 Å². The van der Waals surface area contributed by atoms with Crippen LogP contribution in [-0.2, 0) is 15.7 Å². The summed E-state index contributed by atoms with van der Waals surface area (Å²) >= 11 is 0. The van der Waals surface area contributed by atoms with E-state index in [9.17, 15) is 27.9 Å². The second-order valence-electron chi connectivity index (χ2n) is 6.84. The van der Waals surface area contributed by atoms with Gasteiger partial charge in [0.1, 0.15) is 5.60 Å². The first-order valence-corrected chi connectivity index (χ1v) is 7.65. The van der Waals surface area contributed by atoms with E-state index < -0.39 is 41.5 Å². The van der Waals surface area contributed by atoms with E-state index in [1.165, 1.54) is 0 Å². The molecule has 0 fully saturated rings. The Morgan fingerprint density at radius 1 is 1.08 bits per heavy atom. The van der Waals surface area contributed by atoms with E-state index in [1.54, 1.807) is 34.6 Å². The van der Waals surface area contributed by atoms with Gasteiger partial charge in [0.2, 0.25) is 0 Å². The number of hydrogen-bond donors (Lipinski definition) is 1. The Bertz CT molecular complexity index is 618. The molecule has 0 bridgehead atoms. The van der Waals surface area contributed by atoms with E-state index in [2.05, 4.69) is 0 Å². The third-order valence-electron chi connectivity index (χ3n) is 3.23. The van der Waals surface area contributed by atoms with Crippen LogP contribution in [0.3, 0.4) is 0 Å². The maximum absolute atomic E-state index is 12.7. The zero-order valence-electron chi connectivity index (χ0n) is 14.7. The largest absolute Gasteiger partial charge is 0.479 e. The van der Waals surface area contributed by atoms with Crippen LogP contribution in [0.5, 0.6) is 0 Å². The second-order valence-corrected chi connectivity index (χ2v) is 6.84. The van der Waals surface area contributed by atoms with Crippen LogP contribution in [0.15, 0.2) is 24.3 Å². The standard InChI is InChI=1S/C17H22F3NO4/c1-10(2)21(15(24)25-16(3,4)5)13(14(22)23)11-6-8-12(9-7-11)17(18,19)20/h6-10,13H,1-5H3,(H,22,23). The van der Waals surface area contributed by atoms with Crippen molar-refractivity contribution in [1.82, 2.24) is 4.90 Å². The highest BCUT2D eigenvalue weighted by molar-refractivity contribution is 5.82. The van der Waals surface area contributed by atoms with Gasteiger partial charge in [0, 0.05) is 6.04 Å². The van der Waals surface area contributed by atoms with E-state index in [4.69, 9.17) is 4.74 Å². The van der Waals surface area contributed by atoms with Gasteiger partial charge in [0.05, 0.1) is 5.56 Å². The minimum absolute atomic E-state index is 0.0556. The van der Waals surface area contributed by atoms with Crippen molar-refractivity contribution < 1.29 is 32.6 Å². The molecule has 1 N–H and O–H groups in total. The molecule has 1 rings (SSSR count). The molecule has 0 saturated heterocycles. The average molecular weight is 361 g/mol. The molecule has 0 radical (unpaired) electrons. The van der Waals surface area contributed by atoms with Gasteiger partial charge in [-0.3, -0.25) is 4.90 Å². The van der Waals surface area contributed by atoms with Crippen LogP contribution < -0.4 is 0 Å². The third-order valence-corrected chi connectivity index (χ3v) is 3.23. The third kappa shape index (κ3) is 5.65. The van der Waals surface area contributed by atoms with Crippen LogP contribution in [0.4, 0.5) is 18.0 Å². The number of halogens is 3. The van der Waals surface area contributed by atoms with Crippen LogP contribution in [0.2, 0.25) is 0 Å². The molecule has 0 aliphatic carbocycles. The fourth-order valence-electron chi connectivity index (χ4n) is 2.21. The zero-order valence-corrected chi connectivity index (χ0v) is 14.7. The summed E-state index contributed by atoms with van der Waals surface area (Å²) in [6, 6.07) is 1.69. The molecule has 0 saturated carbocycles. The highest BCUT2D eigenvalue weighted by Gasteiger charge is 2.37. The molecule has 1 amide bonds. The molecule has 8 heteroatoms. The van der Waals surface area contributed by atoms with Gasteiger partial charge >= 0.3 is 18.2 Å². The maximum Gasteiger partial charge on any atom is 0.416 e. The molecular formula is C17H22F3NO4. The Morgan fingerprint density at radius 2 is 1.56 bits per heavy atom. The zero-order chi connectivity index (χ0) is 19.6. The highest BCUT2D eigenvalue weighted by atomic mass is 19.4. The summed E-state index contributed by atoms with van der Waals surface area (Å²) in [5, 5.41) is 9.55. The van der Waals surface area contributed by atoms with Gasteiger partial charge in [0.25, 0.3) is 0 Å². The monoisotopic (exact) mass is 361 g/mol. The van der Waals surface area contributed by atoms with E-state index in [0.29, 0.717) is 0 Å². The highest BCUT2D eigenvalue weighted by Crippen LogP contribution is 2.32. The molecule has 1 aromatic carbocycles. The van der Waals surface area contributed by atoms with E-state index in [-0.39, 0.29) is 5.56 Å². The lowest BCUT2D eigenvalue weighted by atomic mass is 10.0. The number of alkyl halides is 3. The molecule has 25 heavy (non-hydrogen) atoms. The van der Waals surface area contributed by atoms with E-state index in [1.807, 2.05) is 0 Å². The number of carboxylic acids is 1. The maximum atomic E-state index is 12.7. The summed E-state index contributed by atoms with van der Waals surface area (Å²) in [5.41, 5.74) is -1.68. The van der Waals surface area contributed by atoms with E-state index in [0.717, 1.165) is 29.2 Å². The van der Waals surface area contributed by atoms with Crippen molar-refractivity contribution in [2.45, 2.75) is 58.5 Å². The molecule has 0 aliphatic rings. The van der Waals surface area contributed by atoms with Crippen LogP contribution in [-0.4, -0.2) is 33.7 Å². The first kappa shape index (κ1) is 20.8. The van der Waals surface area contributed by atoms with E-state index >= 15 is 0 Å². The lowest BCUT2D eigenvalue weighted by Gasteiger charge is -2.34. The van der Waals surface area contributed by atoms with Crippen molar-refractivity contribution in [2.75, 3.05) is 0 Å². The summed E-state index contributed by atoms with van der Waals surface area (Å²) in [5.74, 6) is -1.36. The summed E-state index contributed by atoms with van der Waals surface area (Å²) < 4.78 is 43.3. The Balaban J connectivity index is 3.27. The van der Waals surface area contributed by atoms with Gasteiger partial charge in [-0.25, -0.2) is 9.59 Å². The van der Waals surface area contributed by atoms with Crippen molar-refractivity contribution >= 4 is 12.1 Å². The SMILES string of the molecule is CC(C)N(C(=O)OC(C)(C)C)C(C(=O)O)c1ccc(C(F)(F)F)cc1. The molecule has 1 unspecified atom stereocenters. The summed E-state index contributed by atoms with van der Waals surface area (Å²) in [7, 11) is 0. The predicted octanol–water partition coefficient (Wildman–Crippen LogP) is 4.48. The lowest BCUT2D eigenvalue weighted by Crippen LogP contribution is -2.45. The smallest absolute Gasteiger partial charge is 0.416 e. The first-order valence-electron chi connectivity index (χ1n) is 7.65. The molecule has 0 aromatic heterocycles. The minimum atomic E-state index is -4.53. The number of hydrogen-bond acceptors (Lipinski definition) is 3. The molecule has 0 spiro atoms. The topological polar surface area (TPSA) is 66.8 Å². The number of carbonyl (C=O) groups is 2. The van der Waals surface area contributed by atoms with Crippen molar-refractivity contribution in [3.05, 3.63) is 35.4 Å². The van der Waals surface area contributed by atoms with Crippen molar-refractivity contribution in [3.8, 4) is 0 Å². The minimum Gasteiger partial charge on any atom is -0.479 e. The first-order chi connectivity index (χ1) is 11.2. The molecule has 5 nitrogen and oxygen atoms in total. The Morgan fingerprint density at radius 3 is 1.88 bits per heavy atom. The number of carbonyl (C=O) groups excluding carboxylic acids is 1. The summed E-state index contributed by atoms with van der Waals surface area (Å²) in [6.07, 6.45) is -5.38. The van der Waals surface area contributed by atoms with Gasteiger partial charge in [-0.2, -0.15) is 13.2 Å². The number of ether oxygens (including phenoxy) is 1. The number of amides is 1. The number of benzene rings is 1. The molecule has 1 atom stereocenters. The van der Waals surface area contributed by atoms with Gasteiger partial charge in [0.15, 0.2) is 6.04 Å². The van der Waals surface area contributed by atoms with Crippen LogP contribution in [0.1, 0.15) is 51.8 Å². The summed E-state index contributed by atoms with van der Waals surface area (Å²) in [4.78, 5) is 25.1. The van der Waals surface area contributed by atoms with Crippen molar-refractivity contribution in [3.63, 3.8) is 0 Å². The molecule has 1 aromatic rings. The van der Waals surface area contributed by atoms with Gasteiger partial charge in [-0.05, 0) is 52.3 Å². The second kappa shape index (κ2) is 7.33. The fraction of sp³-hybridized carbons (Fsp3) is 0.529. The van der Waals surface area contributed by atoms with Gasteiger partial charge in [-0.15, -0.1) is 0 Å². The Labute approximate surface area is 144 Å². The predicted molar refractivity (Wildman–Crippen MR) is 85.0 cm³/mol. The Kier molecular flexibility index (Phi) is 6.09. The van der Waals surface area contributed by atoms with Crippen LogP contribution in [0, 0.1) is 0 Å². The van der Waals surface area contributed by atoms with Crippen LogP contribution >= 0.6 is 0 Å². The molecule has 0 heterocycles. The van der Waals surface area contributed by atoms with Crippen molar-refractivity contribution in [1.29, 1.82) is 0 Å². The normalized spacial score (nSPS) is 13.5. The summed E-state index contributed by atoms with van der Waals surface area (Å²) in [6.45, 7) is 8.11. The van der Waals surface area contributed by atoms with Gasteiger partial charge < -0.3 is 9.84 Å².